The SMILES string of the molecule is Cc1cc(Nc2cccn3ccnc23)nn1CCO. The Labute approximate surface area is 110 Å². The van der Waals surface area contributed by atoms with E-state index in [1.165, 1.54) is 0 Å². The predicted octanol–water partition coefficient (Wildman–Crippen LogP) is 1.58. The van der Waals surface area contributed by atoms with Gasteiger partial charge in [-0.1, -0.05) is 0 Å². The zero-order chi connectivity index (χ0) is 13.2. The lowest BCUT2D eigenvalue weighted by Gasteiger charge is -2.04. The van der Waals surface area contributed by atoms with Crippen LogP contribution in [0.1, 0.15) is 5.69 Å². The Morgan fingerprint density at radius 3 is 3.11 bits per heavy atom. The molecule has 0 amide bonds. The number of aromatic nitrogens is 4. The molecular formula is C13H15N5O. The third-order valence-corrected chi connectivity index (χ3v) is 2.97. The molecule has 0 unspecified atom stereocenters. The Bertz CT molecular complexity index is 700. The molecule has 2 N–H and O–H groups in total. The first-order valence-electron chi connectivity index (χ1n) is 6.12. The predicted molar refractivity (Wildman–Crippen MR) is 72.5 cm³/mol. The van der Waals surface area contributed by atoms with E-state index in [4.69, 9.17) is 5.11 Å². The molecule has 0 spiro atoms. The van der Waals surface area contributed by atoms with Crippen LogP contribution in [0.2, 0.25) is 0 Å². The van der Waals surface area contributed by atoms with Crippen molar-refractivity contribution in [1.82, 2.24) is 19.2 Å². The molecule has 0 bridgehead atoms. The summed E-state index contributed by atoms with van der Waals surface area (Å²) in [6.45, 7) is 2.54. The van der Waals surface area contributed by atoms with E-state index in [1.54, 1.807) is 10.9 Å². The maximum atomic E-state index is 8.96. The van der Waals surface area contributed by atoms with Gasteiger partial charge in [0.05, 0.1) is 18.8 Å². The number of pyridine rings is 1. The number of aliphatic hydroxyl groups is 1. The Kier molecular flexibility index (Phi) is 2.92. The van der Waals surface area contributed by atoms with Gasteiger partial charge in [0.1, 0.15) is 0 Å². The first kappa shape index (κ1) is 11.7. The lowest BCUT2D eigenvalue weighted by atomic mass is 10.4. The van der Waals surface area contributed by atoms with Crippen LogP contribution in [0.15, 0.2) is 36.8 Å². The second-order valence-corrected chi connectivity index (χ2v) is 4.32. The van der Waals surface area contributed by atoms with Crippen molar-refractivity contribution >= 4 is 17.2 Å². The van der Waals surface area contributed by atoms with Gasteiger partial charge in [-0.05, 0) is 19.1 Å². The normalized spacial score (nSPS) is 11.1. The van der Waals surface area contributed by atoms with Crippen LogP contribution in [-0.4, -0.2) is 30.9 Å². The van der Waals surface area contributed by atoms with Gasteiger partial charge < -0.3 is 14.8 Å². The Balaban J connectivity index is 1.92. The molecule has 3 aromatic heterocycles. The number of hydrogen-bond donors (Lipinski definition) is 2. The van der Waals surface area contributed by atoms with E-state index < -0.39 is 0 Å². The van der Waals surface area contributed by atoms with Crippen LogP contribution >= 0.6 is 0 Å². The van der Waals surface area contributed by atoms with E-state index >= 15 is 0 Å². The van der Waals surface area contributed by atoms with Gasteiger partial charge in [-0.3, -0.25) is 4.68 Å². The molecule has 0 radical (unpaired) electrons. The monoisotopic (exact) mass is 257 g/mol. The molecule has 0 aliphatic rings. The highest BCUT2D eigenvalue weighted by atomic mass is 16.3. The standard InChI is InChI=1S/C13H15N5O/c1-10-9-12(16-18(10)7-8-19)15-11-3-2-5-17-6-4-14-13(11)17/h2-6,9,19H,7-8H2,1H3,(H,15,16). The van der Waals surface area contributed by atoms with Crippen LogP contribution in [0.3, 0.4) is 0 Å². The highest BCUT2D eigenvalue weighted by molar-refractivity contribution is 5.72. The minimum atomic E-state index is 0.0812. The molecule has 0 aromatic carbocycles. The van der Waals surface area contributed by atoms with E-state index in [1.807, 2.05) is 41.9 Å². The van der Waals surface area contributed by atoms with Gasteiger partial charge in [0.25, 0.3) is 0 Å². The van der Waals surface area contributed by atoms with Crippen LogP contribution in [-0.2, 0) is 6.54 Å². The molecule has 3 aromatic rings. The molecule has 0 saturated carbocycles. The van der Waals surface area contributed by atoms with Crippen molar-refractivity contribution in [2.24, 2.45) is 0 Å². The van der Waals surface area contributed by atoms with Crippen molar-refractivity contribution in [1.29, 1.82) is 0 Å². The summed E-state index contributed by atoms with van der Waals surface area (Å²) >= 11 is 0. The van der Waals surface area contributed by atoms with E-state index in [0.29, 0.717) is 6.54 Å². The van der Waals surface area contributed by atoms with Crippen molar-refractivity contribution in [3.63, 3.8) is 0 Å². The fourth-order valence-electron chi connectivity index (χ4n) is 2.08. The first-order chi connectivity index (χ1) is 9.28. The zero-order valence-electron chi connectivity index (χ0n) is 10.6. The lowest BCUT2D eigenvalue weighted by Crippen LogP contribution is -2.06. The number of rotatable bonds is 4. The number of imidazole rings is 1. The van der Waals surface area contributed by atoms with Crippen LogP contribution in [0.5, 0.6) is 0 Å². The molecular weight excluding hydrogens is 242 g/mol. The van der Waals surface area contributed by atoms with Crippen LogP contribution in [0, 0.1) is 6.92 Å². The Morgan fingerprint density at radius 1 is 1.37 bits per heavy atom. The second-order valence-electron chi connectivity index (χ2n) is 4.32. The smallest absolute Gasteiger partial charge is 0.160 e. The number of hydrogen-bond acceptors (Lipinski definition) is 4. The maximum Gasteiger partial charge on any atom is 0.160 e. The molecule has 3 rings (SSSR count). The summed E-state index contributed by atoms with van der Waals surface area (Å²) in [5.41, 5.74) is 2.77. The third-order valence-electron chi connectivity index (χ3n) is 2.97. The van der Waals surface area contributed by atoms with Crippen LogP contribution in [0.4, 0.5) is 11.5 Å². The van der Waals surface area contributed by atoms with Crippen molar-refractivity contribution in [2.75, 3.05) is 11.9 Å². The third kappa shape index (κ3) is 2.17. The Morgan fingerprint density at radius 2 is 2.26 bits per heavy atom. The average molecular weight is 257 g/mol. The molecule has 98 valence electrons. The number of nitrogens with zero attached hydrogens (tertiary/aromatic N) is 4. The minimum Gasteiger partial charge on any atom is -0.394 e. The van der Waals surface area contributed by atoms with E-state index in [2.05, 4.69) is 15.4 Å². The molecule has 0 atom stereocenters. The number of fused-ring (bicyclic) bond motifs is 1. The lowest BCUT2D eigenvalue weighted by molar-refractivity contribution is 0.268. The summed E-state index contributed by atoms with van der Waals surface area (Å²) in [7, 11) is 0. The molecule has 6 nitrogen and oxygen atoms in total. The van der Waals surface area contributed by atoms with E-state index in [9.17, 15) is 0 Å². The average Bonchev–Trinajstić information content (AvgIpc) is 2.98. The molecule has 0 aliphatic carbocycles. The van der Waals surface area contributed by atoms with Crippen molar-refractivity contribution < 1.29 is 5.11 Å². The fourth-order valence-corrected chi connectivity index (χ4v) is 2.08. The quantitative estimate of drug-likeness (QED) is 0.744. The summed E-state index contributed by atoms with van der Waals surface area (Å²) < 4.78 is 3.72. The van der Waals surface area contributed by atoms with Gasteiger partial charge in [0.2, 0.25) is 0 Å². The largest absolute Gasteiger partial charge is 0.394 e. The van der Waals surface area contributed by atoms with Crippen molar-refractivity contribution in [3.8, 4) is 0 Å². The molecule has 6 heteroatoms. The zero-order valence-corrected chi connectivity index (χ0v) is 10.6. The van der Waals surface area contributed by atoms with E-state index in [0.717, 1.165) is 22.8 Å². The van der Waals surface area contributed by atoms with Crippen molar-refractivity contribution in [2.45, 2.75) is 13.5 Å². The van der Waals surface area contributed by atoms with Crippen LogP contribution in [0.25, 0.3) is 5.65 Å². The van der Waals surface area contributed by atoms with Crippen LogP contribution < -0.4 is 5.32 Å². The number of aliphatic hydroxyl groups excluding tert-OH is 1. The molecule has 3 heterocycles. The maximum absolute atomic E-state index is 8.96. The van der Waals surface area contributed by atoms with E-state index in [-0.39, 0.29) is 6.61 Å². The van der Waals surface area contributed by atoms with Gasteiger partial charge in [-0.25, -0.2) is 4.98 Å². The minimum absolute atomic E-state index is 0.0812. The topological polar surface area (TPSA) is 67.4 Å². The molecule has 19 heavy (non-hydrogen) atoms. The number of anilines is 2. The fraction of sp³-hybridized carbons (Fsp3) is 0.231. The summed E-state index contributed by atoms with van der Waals surface area (Å²) in [5.74, 6) is 0.752. The van der Waals surface area contributed by atoms with Gasteiger partial charge in [-0.2, -0.15) is 5.10 Å². The number of aryl methyl sites for hydroxylation is 1. The van der Waals surface area contributed by atoms with Gasteiger partial charge in [0.15, 0.2) is 11.5 Å². The highest BCUT2D eigenvalue weighted by Gasteiger charge is 2.07. The molecule has 0 fully saturated rings. The highest BCUT2D eigenvalue weighted by Crippen LogP contribution is 2.20. The molecule has 0 aliphatic heterocycles. The first-order valence-corrected chi connectivity index (χ1v) is 6.12. The summed E-state index contributed by atoms with van der Waals surface area (Å²) in [5, 5.41) is 16.6. The summed E-state index contributed by atoms with van der Waals surface area (Å²) in [4.78, 5) is 4.31. The van der Waals surface area contributed by atoms with Gasteiger partial charge >= 0.3 is 0 Å². The number of nitrogens with one attached hydrogen (secondary N) is 1. The summed E-state index contributed by atoms with van der Waals surface area (Å²) in [6.07, 6.45) is 5.61. The van der Waals surface area contributed by atoms with Gasteiger partial charge in [-0.15, -0.1) is 0 Å². The van der Waals surface area contributed by atoms with Crippen molar-refractivity contribution in [3.05, 3.63) is 42.5 Å². The van der Waals surface area contributed by atoms with Gasteiger partial charge in [0, 0.05) is 30.4 Å². The molecule has 0 saturated heterocycles. The second kappa shape index (κ2) is 4.74. The Hall–Kier alpha value is -2.34. The summed E-state index contributed by atoms with van der Waals surface area (Å²) in [6, 6.07) is 5.86.